The summed E-state index contributed by atoms with van der Waals surface area (Å²) in [5, 5.41) is 3.31. The summed E-state index contributed by atoms with van der Waals surface area (Å²) < 4.78 is 25.7. The second kappa shape index (κ2) is 6.57. The van der Waals surface area contributed by atoms with Crippen molar-refractivity contribution in [3.05, 3.63) is 0 Å². The Kier molecular flexibility index (Phi) is 5.29. The fraction of sp³-hybridized carbons (Fsp3) is 1.00. The van der Waals surface area contributed by atoms with E-state index in [0.29, 0.717) is 5.92 Å². The van der Waals surface area contributed by atoms with Crippen molar-refractivity contribution in [2.24, 2.45) is 5.92 Å². The van der Waals surface area contributed by atoms with Crippen molar-refractivity contribution in [3.63, 3.8) is 0 Å². The first-order valence-corrected chi connectivity index (χ1v) is 9.62. The molecule has 0 heterocycles. The van der Waals surface area contributed by atoms with E-state index < -0.39 is 9.84 Å². The van der Waals surface area contributed by atoms with Crippen LogP contribution in [-0.2, 0) is 9.84 Å². The topological polar surface area (TPSA) is 46.2 Å². The molecule has 0 saturated heterocycles. The second-order valence-corrected chi connectivity index (χ2v) is 8.96. The van der Waals surface area contributed by atoms with Gasteiger partial charge >= 0.3 is 0 Å². The van der Waals surface area contributed by atoms with Gasteiger partial charge in [0.25, 0.3) is 0 Å². The van der Waals surface area contributed by atoms with E-state index >= 15 is 0 Å². The molecule has 3 nitrogen and oxygen atoms in total. The van der Waals surface area contributed by atoms with E-state index in [4.69, 9.17) is 0 Å². The highest BCUT2D eigenvalue weighted by Crippen LogP contribution is 2.35. The zero-order valence-electron chi connectivity index (χ0n) is 12.4. The smallest absolute Gasteiger partial charge is 0.157 e. The lowest BCUT2D eigenvalue weighted by molar-refractivity contribution is 0.307. The van der Waals surface area contributed by atoms with Gasteiger partial charge in [0.15, 0.2) is 9.84 Å². The van der Waals surface area contributed by atoms with E-state index in [9.17, 15) is 8.42 Å². The third kappa shape index (κ3) is 3.52. The predicted molar refractivity (Wildman–Crippen MR) is 80.1 cm³/mol. The van der Waals surface area contributed by atoms with Gasteiger partial charge in [-0.1, -0.05) is 26.7 Å². The van der Waals surface area contributed by atoms with Crippen LogP contribution in [0.3, 0.4) is 0 Å². The number of hydrogen-bond donors (Lipinski definition) is 1. The highest BCUT2D eigenvalue weighted by molar-refractivity contribution is 7.92. The van der Waals surface area contributed by atoms with Crippen LogP contribution in [-0.4, -0.2) is 31.5 Å². The minimum absolute atomic E-state index is 0.0475. The zero-order chi connectivity index (χ0) is 13.9. The number of nitrogens with one attached hydrogen (secondary N) is 1. The highest BCUT2D eigenvalue weighted by atomic mass is 32.2. The van der Waals surface area contributed by atoms with E-state index in [2.05, 4.69) is 19.2 Å². The number of rotatable bonds is 5. The molecule has 2 saturated carbocycles. The molecule has 2 rings (SSSR count). The van der Waals surface area contributed by atoms with Crippen molar-refractivity contribution in [3.8, 4) is 0 Å². The lowest BCUT2D eigenvalue weighted by Crippen LogP contribution is -2.50. The van der Waals surface area contributed by atoms with Gasteiger partial charge in [-0.05, 0) is 51.0 Å². The molecule has 0 spiro atoms. The highest BCUT2D eigenvalue weighted by Gasteiger charge is 2.42. The first kappa shape index (κ1) is 15.3. The quantitative estimate of drug-likeness (QED) is 0.845. The van der Waals surface area contributed by atoms with Gasteiger partial charge in [0.1, 0.15) is 0 Å². The maximum atomic E-state index is 12.9. The van der Waals surface area contributed by atoms with E-state index in [1.54, 1.807) is 0 Å². The van der Waals surface area contributed by atoms with Gasteiger partial charge < -0.3 is 5.32 Å². The largest absolute Gasteiger partial charge is 0.313 e. The molecule has 0 aliphatic heterocycles. The molecule has 0 radical (unpaired) electrons. The summed E-state index contributed by atoms with van der Waals surface area (Å²) in [5.41, 5.74) is 0. The van der Waals surface area contributed by atoms with E-state index in [1.807, 2.05) is 0 Å². The average molecular weight is 287 g/mol. The van der Waals surface area contributed by atoms with E-state index in [1.165, 1.54) is 0 Å². The van der Waals surface area contributed by atoms with Crippen molar-refractivity contribution in [2.75, 3.05) is 6.54 Å². The first-order chi connectivity index (χ1) is 9.05. The molecule has 2 aliphatic carbocycles. The van der Waals surface area contributed by atoms with Crippen LogP contribution in [0.1, 0.15) is 65.2 Å². The van der Waals surface area contributed by atoms with Crippen molar-refractivity contribution in [1.29, 1.82) is 0 Å². The Bertz CT molecular complexity index is 372. The Hall–Kier alpha value is -0.0900. The molecular formula is C15H29NO2S. The van der Waals surface area contributed by atoms with Crippen LogP contribution in [0.5, 0.6) is 0 Å². The molecule has 1 N–H and O–H groups in total. The molecule has 2 fully saturated rings. The molecule has 19 heavy (non-hydrogen) atoms. The van der Waals surface area contributed by atoms with Crippen molar-refractivity contribution in [1.82, 2.24) is 5.32 Å². The summed E-state index contributed by atoms with van der Waals surface area (Å²) in [7, 11) is -2.94. The SMILES string of the molecule is CCCNC1CCC(C)CC1S(=O)(=O)C1CCCC1. The van der Waals surface area contributed by atoms with Gasteiger partial charge in [-0.15, -0.1) is 0 Å². The standard InChI is InChI=1S/C15H29NO2S/c1-3-10-16-14-9-8-12(2)11-15(14)19(17,18)13-6-4-5-7-13/h12-16H,3-11H2,1-2H3. The van der Waals surface area contributed by atoms with E-state index in [0.717, 1.165) is 57.9 Å². The van der Waals surface area contributed by atoms with Gasteiger partial charge in [-0.25, -0.2) is 8.42 Å². The maximum Gasteiger partial charge on any atom is 0.157 e. The van der Waals surface area contributed by atoms with Crippen LogP contribution in [0.4, 0.5) is 0 Å². The van der Waals surface area contributed by atoms with Gasteiger partial charge in [-0.3, -0.25) is 0 Å². The summed E-state index contributed by atoms with van der Waals surface area (Å²) in [6.07, 6.45) is 8.11. The summed E-state index contributed by atoms with van der Waals surface area (Å²) >= 11 is 0. The van der Waals surface area contributed by atoms with Gasteiger partial charge in [0.2, 0.25) is 0 Å². The second-order valence-electron chi connectivity index (χ2n) is 6.51. The molecule has 0 aromatic rings. The molecule has 2 aliphatic rings. The Morgan fingerprint density at radius 3 is 2.42 bits per heavy atom. The summed E-state index contributed by atoms with van der Waals surface area (Å²) in [6, 6.07) is 0.196. The van der Waals surface area contributed by atoms with Crippen LogP contribution in [0.25, 0.3) is 0 Å². The first-order valence-electron chi connectivity index (χ1n) is 8.01. The Morgan fingerprint density at radius 2 is 1.79 bits per heavy atom. The molecule has 112 valence electrons. The van der Waals surface area contributed by atoms with Gasteiger partial charge in [-0.2, -0.15) is 0 Å². The predicted octanol–water partition coefficient (Wildman–Crippen LogP) is 2.90. The Balaban J connectivity index is 2.11. The maximum absolute atomic E-state index is 12.9. The molecule has 0 aromatic heterocycles. The Labute approximate surface area is 118 Å². The van der Waals surface area contributed by atoms with Crippen LogP contribution in [0, 0.1) is 5.92 Å². The van der Waals surface area contributed by atoms with Crippen LogP contribution >= 0.6 is 0 Å². The van der Waals surface area contributed by atoms with Crippen molar-refractivity contribution < 1.29 is 8.42 Å². The summed E-state index contributed by atoms with van der Waals surface area (Å²) in [4.78, 5) is 0. The van der Waals surface area contributed by atoms with Crippen molar-refractivity contribution >= 4 is 9.84 Å². The molecule has 0 amide bonds. The molecule has 0 bridgehead atoms. The van der Waals surface area contributed by atoms with Gasteiger partial charge in [0, 0.05) is 6.04 Å². The average Bonchev–Trinajstić information content (AvgIpc) is 2.91. The normalized spacial score (nSPS) is 33.7. The minimum Gasteiger partial charge on any atom is -0.313 e. The molecule has 4 heteroatoms. The summed E-state index contributed by atoms with van der Waals surface area (Å²) in [5.74, 6) is 0.556. The van der Waals surface area contributed by atoms with Crippen LogP contribution in [0.15, 0.2) is 0 Å². The molecular weight excluding hydrogens is 258 g/mol. The fourth-order valence-electron chi connectivity index (χ4n) is 3.72. The van der Waals surface area contributed by atoms with Crippen molar-refractivity contribution in [2.45, 2.75) is 81.8 Å². The fourth-order valence-corrected chi connectivity index (χ4v) is 6.49. The minimum atomic E-state index is -2.94. The van der Waals surface area contributed by atoms with Crippen LogP contribution < -0.4 is 5.32 Å². The summed E-state index contributed by atoms with van der Waals surface area (Å²) in [6.45, 7) is 5.28. The molecule has 0 aromatic carbocycles. The monoisotopic (exact) mass is 287 g/mol. The molecule has 3 atom stereocenters. The Morgan fingerprint density at radius 1 is 1.11 bits per heavy atom. The molecule has 3 unspecified atom stereocenters. The third-order valence-corrected chi connectivity index (χ3v) is 7.66. The van der Waals surface area contributed by atoms with Crippen LogP contribution in [0.2, 0.25) is 0 Å². The number of sulfone groups is 1. The number of hydrogen-bond acceptors (Lipinski definition) is 3. The van der Waals surface area contributed by atoms with E-state index in [-0.39, 0.29) is 16.5 Å². The van der Waals surface area contributed by atoms with Gasteiger partial charge in [0.05, 0.1) is 10.5 Å². The lowest BCUT2D eigenvalue weighted by atomic mass is 9.87. The lowest BCUT2D eigenvalue weighted by Gasteiger charge is -2.36. The third-order valence-electron chi connectivity index (χ3n) is 4.90. The zero-order valence-corrected chi connectivity index (χ0v) is 13.2.